The van der Waals surface area contributed by atoms with Gasteiger partial charge in [0.15, 0.2) is 0 Å². The van der Waals surface area contributed by atoms with Gasteiger partial charge in [-0.15, -0.1) is 0 Å². The molecule has 0 fully saturated rings. The van der Waals surface area contributed by atoms with Crippen LogP contribution in [0.3, 0.4) is 0 Å². The number of hydrogen-bond acceptors (Lipinski definition) is 4. The lowest BCUT2D eigenvalue weighted by molar-refractivity contribution is -0.138. The lowest BCUT2D eigenvalue weighted by Crippen LogP contribution is -2.21. The molecular formula is C28H29F3N6. The zero-order valence-corrected chi connectivity index (χ0v) is 21.3. The molecule has 0 unspecified atom stereocenters. The molecule has 0 saturated heterocycles. The number of aromatic nitrogens is 3. The fourth-order valence-corrected chi connectivity index (χ4v) is 3.52. The predicted molar refractivity (Wildman–Crippen MR) is 142 cm³/mol. The Hall–Kier alpha value is -4.16. The third kappa shape index (κ3) is 6.74. The minimum absolute atomic E-state index is 0.0829. The van der Waals surface area contributed by atoms with Gasteiger partial charge in [0.25, 0.3) is 0 Å². The zero-order chi connectivity index (χ0) is 27.3. The zero-order valence-electron chi connectivity index (χ0n) is 21.3. The van der Waals surface area contributed by atoms with Crippen LogP contribution in [0.25, 0.3) is 10.9 Å². The van der Waals surface area contributed by atoms with Gasteiger partial charge in [-0.3, -0.25) is 9.67 Å². The highest BCUT2D eigenvalue weighted by Crippen LogP contribution is 2.33. The van der Waals surface area contributed by atoms with E-state index in [1.54, 1.807) is 48.2 Å². The smallest absolute Gasteiger partial charge is 0.383 e. The number of aryl methyl sites for hydroxylation is 1. The van der Waals surface area contributed by atoms with E-state index < -0.39 is 11.7 Å². The number of alkyl halides is 3. The Morgan fingerprint density at radius 2 is 1.97 bits per heavy atom. The molecule has 6 nitrogen and oxygen atoms in total. The van der Waals surface area contributed by atoms with Crippen LogP contribution in [0.4, 0.5) is 13.2 Å². The molecule has 2 N–H and O–H groups in total. The molecule has 192 valence electrons. The monoisotopic (exact) mass is 506 g/mol. The molecule has 0 radical (unpaired) electrons. The number of rotatable bonds is 7. The molecule has 0 amide bonds. The van der Waals surface area contributed by atoms with Gasteiger partial charge in [-0.25, -0.2) is 4.99 Å². The highest BCUT2D eigenvalue weighted by atomic mass is 19.4. The highest BCUT2D eigenvalue weighted by Gasteiger charge is 2.34. The SMILES string of the molecule is C=C(C=C(C#Cc1cncc2c1cnn2C)C(=C)C)N=C(N)c1ccc(CN(C)CC)c(C(F)(F)F)c1. The number of amidine groups is 1. The van der Waals surface area contributed by atoms with Crippen LogP contribution in [0, 0.1) is 11.8 Å². The van der Waals surface area contributed by atoms with Crippen molar-refractivity contribution in [2.45, 2.75) is 26.6 Å². The van der Waals surface area contributed by atoms with E-state index in [2.05, 4.69) is 40.1 Å². The molecule has 2 heterocycles. The summed E-state index contributed by atoms with van der Waals surface area (Å²) < 4.78 is 42.9. The largest absolute Gasteiger partial charge is 0.416 e. The van der Waals surface area contributed by atoms with Crippen molar-refractivity contribution in [3.63, 3.8) is 0 Å². The first-order valence-corrected chi connectivity index (χ1v) is 11.5. The van der Waals surface area contributed by atoms with Gasteiger partial charge in [0.1, 0.15) is 5.84 Å². The van der Waals surface area contributed by atoms with Gasteiger partial charge in [-0.1, -0.05) is 44.1 Å². The normalized spacial score (nSPS) is 12.5. The number of hydrogen-bond donors (Lipinski definition) is 1. The minimum atomic E-state index is -4.52. The standard InChI is InChI=1S/C28H29F3N6/c1-7-36(5)17-23-11-9-21(13-25(23)28(29,30)31)27(32)35-19(4)12-20(18(2)3)8-10-22-14-33-16-26-24(22)15-34-37(26)6/h9,11-16H,2,4,7,17H2,1,3,5-6H3,(H2,32,35). The van der Waals surface area contributed by atoms with Gasteiger partial charge < -0.3 is 10.6 Å². The number of halogens is 3. The number of nitrogens with two attached hydrogens (primary N) is 1. The molecule has 9 heteroatoms. The number of aliphatic imine (C=N–C) groups is 1. The number of fused-ring (bicyclic) bond motifs is 1. The van der Waals surface area contributed by atoms with Crippen LogP contribution < -0.4 is 5.73 Å². The summed E-state index contributed by atoms with van der Waals surface area (Å²) in [5.41, 5.74) is 8.65. The first kappa shape index (κ1) is 27.4. The van der Waals surface area contributed by atoms with Crippen molar-refractivity contribution in [2.75, 3.05) is 13.6 Å². The van der Waals surface area contributed by atoms with Crippen molar-refractivity contribution in [1.29, 1.82) is 0 Å². The van der Waals surface area contributed by atoms with E-state index in [-0.39, 0.29) is 29.2 Å². The van der Waals surface area contributed by atoms with Crippen LogP contribution in [0.5, 0.6) is 0 Å². The molecule has 0 aliphatic heterocycles. The third-order valence-corrected chi connectivity index (χ3v) is 5.73. The molecule has 1 aromatic carbocycles. The molecule has 0 bridgehead atoms. The van der Waals surface area contributed by atoms with Crippen LogP contribution >= 0.6 is 0 Å². The maximum Gasteiger partial charge on any atom is 0.416 e. The van der Waals surface area contributed by atoms with Crippen LogP contribution in [-0.4, -0.2) is 39.1 Å². The van der Waals surface area contributed by atoms with Gasteiger partial charge in [-0.05, 0) is 43.8 Å². The van der Waals surface area contributed by atoms with Gasteiger partial charge in [0.05, 0.1) is 34.7 Å². The van der Waals surface area contributed by atoms with E-state index in [0.29, 0.717) is 23.3 Å². The number of nitrogens with zero attached hydrogens (tertiary/aromatic N) is 5. The molecule has 37 heavy (non-hydrogen) atoms. The maximum atomic E-state index is 13.7. The second-order valence-corrected chi connectivity index (χ2v) is 8.66. The first-order valence-electron chi connectivity index (χ1n) is 11.5. The van der Waals surface area contributed by atoms with Gasteiger partial charge in [-0.2, -0.15) is 18.3 Å². The van der Waals surface area contributed by atoms with Crippen LogP contribution in [0.15, 0.2) is 77.9 Å². The van der Waals surface area contributed by atoms with Crippen LogP contribution in [0.1, 0.15) is 36.1 Å². The average molecular weight is 507 g/mol. The molecule has 0 saturated carbocycles. The minimum Gasteiger partial charge on any atom is -0.383 e. The van der Waals surface area contributed by atoms with Crippen molar-refractivity contribution in [2.24, 2.45) is 17.8 Å². The molecule has 0 atom stereocenters. The molecule has 2 aromatic heterocycles. The van der Waals surface area contributed by atoms with Crippen molar-refractivity contribution in [3.8, 4) is 11.8 Å². The van der Waals surface area contributed by atoms with Crippen LogP contribution in [0.2, 0.25) is 0 Å². The number of benzene rings is 1. The fourth-order valence-electron chi connectivity index (χ4n) is 3.52. The van der Waals surface area contributed by atoms with Gasteiger partial charge in [0.2, 0.25) is 0 Å². The highest BCUT2D eigenvalue weighted by molar-refractivity contribution is 5.98. The Kier molecular flexibility index (Phi) is 8.35. The molecule has 0 aliphatic carbocycles. The Morgan fingerprint density at radius 3 is 2.62 bits per heavy atom. The van der Waals surface area contributed by atoms with E-state index in [4.69, 9.17) is 5.73 Å². The fraction of sp³-hybridized carbons (Fsp3) is 0.250. The summed E-state index contributed by atoms with van der Waals surface area (Å²) in [4.78, 5) is 10.2. The topological polar surface area (TPSA) is 72.3 Å². The van der Waals surface area contributed by atoms with Gasteiger partial charge >= 0.3 is 6.18 Å². The quantitative estimate of drug-likeness (QED) is 0.207. The summed E-state index contributed by atoms with van der Waals surface area (Å²) in [6, 6.07) is 3.99. The summed E-state index contributed by atoms with van der Waals surface area (Å²) in [5.74, 6) is 6.05. The first-order chi connectivity index (χ1) is 17.4. The Balaban J connectivity index is 1.92. The molecule has 0 spiro atoms. The molecule has 3 aromatic rings. The molecular weight excluding hydrogens is 477 g/mol. The van der Waals surface area contributed by atoms with Gasteiger partial charge in [0, 0.05) is 36.3 Å². The van der Waals surface area contributed by atoms with E-state index >= 15 is 0 Å². The number of allylic oxidation sites excluding steroid dienone is 3. The van der Waals surface area contributed by atoms with Crippen LogP contribution in [-0.2, 0) is 19.8 Å². The van der Waals surface area contributed by atoms with E-state index in [1.807, 2.05) is 14.0 Å². The molecule has 0 aliphatic rings. The van der Waals surface area contributed by atoms with Crippen molar-refractivity contribution < 1.29 is 13.2 Å². The van der Waals surface area contributed by atoms with E-state index in [0.717, 1.165) is 17.0 Å². The Labute approximate surface area is 214 Å². The lowest BCUT2D eigenvalue weighted by atomic mass is 10.0. The molecule has 3 rings (SSSR count). The van der Waals surface area contributed by atoms with E-state index in [9.17, 15) is 13.2 Å². The Morgan fingerprint density at radius 1 is 1.24 bits per heavy atom. The number of pyridine rings is 1. The lowest BCUT2D eigenvalue weighted by Gasteiger charge is -2.19. The predicted octanol–water partition coefficient (Wildman–Crippen LogP) is 5.21. The summed E-state index contributed by atoms with van der Waals surface area (Å²) in [7, 11) is 3.58. The average Bonchev–Trinajstić information content (AvgIpc) is 3.22. The Bertz CT molecular complexity index is 1460. The van der Waals surface area contributed by atoms with Crippen molar-refractivity contribution in [1.82, 2.24) is 19.7 Å². The summed E-state index contributed by atoms with van der Waals surface area (Å²) in [6.45, 7) is 12.3. The summed E-state index contributed by atoms with van der Waals surface area (Å²) in [5, 5.41) is 5.09. The maximum absolute atomic E-state index is 13.7. The van der Waals surface area contributed by atoms with E-state index in [1.165, 1.54) is 12.1 Å². The second kappa shape index (κ2) is 11.3. The van der Waals surface area contributed by atoms with Crippen molar-refractivity contribution in [3.05, 3.63) is 95.1 Å². The third-order valence-electron chi connectivity index (χ3n) is 5.73. The second-order valence-electron chi connectivity index (χ2n) is 8.66. The summed E-state index contributed by atoms with van der Waals surface area (Å²) in [6.07, 6.45) is 2.15. The van der Waals surface area contributed by atoms with Crippen molar-refractivity contribution >= 4 is 16.7 Å². The summed E-state index contributed by atoms with van der Waals surface area (Å²) >= 11 is 0.